The van der Waals surface area contributed by atoms with E-state index in [4.69, 9.17) is 9.47 Å². The van der Waals surface area contributed by atoms with Gasteiger partial charge in [0.25, 0.3) is 0 Å². The summed E-state index contributed by atoms with van der Waals surface area (Å²) >= 11 is 0. The number of benzene rings is 1. The summed E-state index contributed by atoms with van der Waals surface area (Å²) < 4.78 is 11.6. The predicted molar refractivity (Wildman–Crippen MR) is 71.6 cm³/mol. The molecule has 2 heterocycles. The molecule has 0 aliphatic carbocycles. The summed E-state index contributed by atoms with van der Waals surface area (Å²) in [5.74, 6) is 2.50. The third-order valence-electron chi connectivity index (χ3n) is 3.94. The van der Waals surface area contributed by atoms with Crippen LogP contribution >= 0.6 is 0 Å². The Bertz CT molecular complexity index is 425. The number of fused-ring (bicyclic) bond motifs is 1. The van der Waals surface area contributed by atoms with Gasteiger partial charge in [-0.1, -0.05) is 6.07 Å². The number of nitrogens with one attached hydrogen (secondary N) is 1. The van der Waals surface area contributed by atoms with E-state index in [1.54, 1.807) is 0 Å². The van der Waals surface area contributed by atoms with E-state index < -0.39 is 0 Å². The first-order chi connectivity index (χ1) is 8.86. The van der Waals surface area contributed by atoms with E-state index in [1.807, 2.05) is 0 Å². The Labute approximate surface area is 108 Å². The second kappa shape index (κ2) is 5.19. The zero-order valence-corrected chi connectivity index (χ0v) is 11.0. The summed E-state index contributed by atoms with van der Waals surface area (Å²) in [6.45, 7) is 5.93. The van der Waals surface area contributed by atoms with Crippen LogP contribution in [0.25, 0.3) is 0 Å². The van der Waals surface area contributed by atoms with Crippen molar-refractivity contribution in [3.8, 4) is 11.5 Å². The molecule has 3 heteroatoms. The monoisotopic (exact) mass is 247 g/mol. The molecular formula is C15H21NO2. The van der Waals surface area contributed by atoms with E-state index in [0.29, 0.717) is 5.92 Å². The Balaban J connectivity index is 1.93. The van der Waals surface area contributed by atoms with Gasteiger partial charge in [-0.2, -0.15) is 0 Å². The minimum atomic E-state index is 0.621. The van der Waals surface area contributed by atoms with Crippen molar-refractivity contribution in [2.45, 2.75) is 32.1 Å². The first-order valence-corrected chi connectivity index (χ1v) is 6.96. The first kappa shape index (κ1) is 11.8. The highest BCUT2D eigenvalue weighted by Gasteiger charge is 2.21. The molecule has 1 aromatic carbocycles. The van der Waals surface area contributed by atoms with E-state index >= 15 is 0 Å². The lowest BCUT2D eigenvalue weighted by atomic mass is 9.88. The van der Waals surface area contributed by atoms with Crippen molar-refractivity contribution in [2.24, 2.45) is 0 Å². The number of rotatable bonds is 1. The lowest BCUT2D eigenvalue weighted by Crippen LogP contribution is -2.28. The minimum absolute atomic E-state index is 0.621. The van der Waals surface area contributed by atoms with Crippen molar-refractivity contribution in [3.63, 3.8) is 0 Å². The van der Waals surface area contributed by atoms with Gasteiger partial charge in [0.2, 0.25) is 0 Å². The summed E-state index contributed by atoms with van der Waals surface area (Å²) in [6, 6.07) is 4.30. The Morgan fingerprint density at radius 1 is 1.17 bits per heavy atom. The van der Waals surface area contributed by atoms with Crippen LogP contribution in [0.3, 0.4) is 0 Å². The lowest BCUT2D eigenvalue weighted by Gasteiger charge is -2.25. The Morgan fingerprint density at radius 2 is 2.06 bits per heavy atom. The molecule has 1 fully saturated rings. The topological polar surface area (TPSA) is 30.5 Å². The molecule has 2 aliphatic rings. The lowest BCUT2D eigenvalue weighted by molar-refractivity contribution is 0.296. The molecule has 1 N–H and O–H groups in total. The Hall–Kier alpha value is -1.22. The van der Waals surface area contributed by atoms with Gasteiger partial charge < -0.3 is 14.8 Å². The number of piperidine rings is 1. The normalized spacial score (nSPS) is 23.5. The van der Waals surface area contributed by atoms with Gasteiger partial charge in [0.05, 0.1) is 13.2 Å². The van der Waals surface area contributed by atoms with Gasteiger partial charge in [0, 0.05) is 13.0 Å². The van der Waals surface area contributed by atoms with E-state index in [0.717, 1.165) is 44.2 Å². The molecule has 0 spiro atoms. The van der Waals surface area contributed by atoms with Crippen LogP contribution in [0.2, 0.25) is 0 Å². The Morgan fingerprint density at radius 3 is 2.89 bits per heavy atom. The second-order valence-electron chi connectivity index (χ2n) is 5.20. The van der Waals surface area contributed by atoms with Crippen LogP contribution in [0.5, 0.6) is 11.5 Å². The standard InChI is InChI=1S/C15H21NO2/c1-11-13(12-4-2-7-16-10-12)5-6-14-15(11)18-9-3-8-17-14/h5-6,12,16H,2-4,7-10H2,1H3. The third-order valence-corrected chi connectivity index (χ3v) is 3.94. The molecule has 0 bridgehead atoms. The number of hydrogen-bond donors (Lipinski definition) is 1. The van der Waals surface area contributed by atoms with Gasteiger partial charge in [-0.25, -0.2) is 0 Å². The first-order valence-electron chi connectivity index (χ1n) is 6.96. The summed E-state index contributed by atoms with van der Waals surface area (Å²) in [5, 5.41) is 3.48. The van der Waals surface area contributed by atoms with Crippen LogP contribution in [0.1, 0.15) is 36.3 Å². The minimum Gasteiger partial charge on any atom is -0.490 e. The van der Waals surface area contributed by atoms with Crippen molar-refractivity contribution < 1.29 is 9.47 Å². The van der Waals surface area contributed by atoms with Crippen LogP contribution in [-0.2, 0) is 0 Å². The van der Waals surface area contributed by atoms with Gasteiger partial charge in [-0.3, -0.25) is 0 Å². The van der Waals surface area contributed by atoms with Crippen molar-refractivity contribution in [2.75, 3.05) is 26.3 Å². The summed E-state index contributed by atoms with van der Waals surface area (Å²) in [5.41, 5.74) is 2.69. The maximum Gasteiger partial charge on any atom is 0.164 e. The van der Waals surface area contributed by atoms with Crippen LogP contribution in [0, 0.1) is 6.92 Å². The summed E-state index contributed by atoms with van der Waals surface area (Å²) in [6.07, 6.45) is 3.50. The SMILES string of the molecule is Cc1c(C2CCCNC2)ccc2c1OCCCO2. The van der Waals surface area contributed by atoms with Crippen LogP contribution < -0.4 is 14.8 Å². The molecule has 0 saturated carbocycles. The molecule has 1 aromatic rings. The molecule has 1 atom stereocenters. The van der Waals surface area contributed by atoms with Crippen molar-refractivity contribution in [1.82, 2.24) is 5.32 Å². The van der Waals surface area contributed by atoms with Gasteiger partial charge in [-0.05, 0) is 49.4 Å². The highest BCUT2D eigenvalue weighted by molar-refractivity contribution is 5.51. The zero-order valence-electron chi connectivity index (χ0n) is 11.0. The van der Waals surface area contributed by atoms with Crippen molar-refractivity contribution in [3.05, 3.63) is 23.3 Å². The van der Waals surface area contributed by atoms with E-state index in [1.165, 1.54) is 24.0 Å². The van der Waals surface area contributed by atoms with E-state index in [9.17, 15) is 0 Å². The summed E-state index contributed by atoms with van der Waals surface area (Å²) in [7, 11) is 0. The smallest absolute Gasteiger partial charge is 0.164 e. The number of hydrogen-bond acceptors (Lipinski definition) is 3. The molecule has 98 valence electrons. The summed E-state index contributed by atoms with van der Waals surface area (Å²) in [4.78, 5) is 0. The van der Waals surface area contributed by atoms with Crippen molar-refractivity contribution in [1.29, 1.82) is 0 Å². The molecular weight excluding hydrogens is 226 g/mol. The fourth-order valence-corrected chi connectivity index (χ4v) is 2.95. The fraction of sp³-hybridized carbons (Fsp3) is 0.600. The molecule has 1 unspecified atom stereocenters. The average molecular weight is 247 g/mol. The van der Waals surface area contributed by atoms with Gasteiger partial charge in [0.15, 0.2) is 11.5 Å². The molecule has 2 aliphatic heterocycles. The molecule has 0 aromatic heterocycles. The van der Waals surface area contributed by atoms with Gasteiger partial charge in [0.1, 0.15) is 0 Å². The highest BCUT2D eigenvalue weighted by Crippen LogP contribution is 2.38. The fourth-order valence-electron chi connectivity index (χ4n) is 2.95. The third kappa shape index (κ3) is 2.19. The van der Waals surface area contributed by atoms with Crippen LogP contribution in [0.15, 0.2) is 12.1 Å². The average Bonchev–Trinajstić information content (AvgIpc) is 2.66. The molecule has 3 rings (SSSR count). The van der Waals surface area contributed by atoms with Gasteiger partial charge >= 0.3 is 0 Å². The van der Waals surface area contributed by atoms with E-state index in [2.05, 4.69) is 24.4 Å². The number of ether oxygens (including phenoxy) is 2. The quantitative estimate of drug-likeness (QED) is 0.827. The molecule has 3 nitrogen and oxygen atoms in total. The zero-order chi connectivity index (χ0) is 12.4. The van der Waals surface area contributed by atoms with Crippen molar-refractivity contribution >= 4 is 0 Å². The molecule has 0 amide bonds. The van der Waals surface area contributed by atoms with Crippen LogP contribution in [-0.4, -0.2) is 26.3 Å². The maximum atomic E-state index is 5.87. The highest BCUT2D eigenvalue weighted by atomic mass is 16.5. The van der Waals surface area contributed by atoms with E-state index in [-0.39, 0.29) is 0 Å². The van der Waals surface area contributed by atoms with Gasteiger partial charge in [-0.15, -0.1) is 0 Å². The molecule has 18 heavy (non-hydrogen) atoms. The largest absolute Gasteiger partial charge is 0.490 e. The Kier molecular flexibility index (Phi) is 3.41. The molecule has 1 saturated heterocycles. The van der Waals surface area contributed by atoms with Crippen LogP contribution in [0.4, 0.5) is 0 Å². The second-order valence-corrected chi connectivity index (χ2v) is 5.20. The maximum absolute atomic E-state index is 5.87. The predicted octanol–water partition coefficient (Wildman–Crippen LogP) is 2.62. The molecule has 0 radical (unpaired) electrons.